The molecular formula is C16H13N2OS. The smallest absolute Gasteiger partial charge is 0.223 e. The number of anilines is 1. The zero-order chi connectivity index (χ0) is 14.1. The summed E-state index contributed by atoms with van der Waals surface area (Å²) in [7, 11) is 0. The van der Waals surface area contributed by atoms with Crippen LogP contribution in [0.25, 0.3) is 21.3 Å². The summed E-state index contributed by atoms with van der Waals surface area (Å²) in [5.74, 6) is -0.109. The molecule has 1 amide bonds. The molecule has 0 fully saturated rings. The second kappa shape index (κ2) is 5.06. The van der Waals surface area contributed by atoms with Crippen molar-refractivity contribution in [1.29, 1.82) is 0 Å². The van der Waals surface area contributed by atoms with Crippen LogP contribution in [0.15, 0.2) is 36.4 Å². The Morgan fingerprint density at radius 3 is 2.65 bits per heavy atom. The average Bonchev–Trinajstić information content (AvgIpc) is 2.79. The molecule has 3 aromatic rings. The second-order valence-electron chi connectivity index (χ2n) is 4.65. The molecule has 20 heavy (non-hydrogen) atoms. The number of hydrogen-bond donors (Lipinski definition) is 1. The molecule has 0 saturated carbocycles. The third kappa shape index (κ3) is 2.56. The van der Waals surface area contributed by atoms with Crippen molar-refractivity contribution in [1.82, 2.24) is 4.98 Å². The van der Waals surface area contributed by atoms with Crippen molar-refractivity contribution in [2.45, 2.75) is 13.8 Å². The third-order valence-corrected chi connectivity index (χ3v) is 3.89. The Hall–Kier alpha value is -2.20. The number of rotatable bonds is 2. The van der Waals surface area contributed by atoms with E-state index in [0.717, 1.165) is 21.3 Å². The van der Waals surface area contributed by atoms with Crippen molar-refractivity contribution < 1.29 is 4.79 Å². The normalized spacial score (nSPS) is 10.7. The van der Waals surface area contributed by atoms with E-state index in [1.54, 1.807) is 0 Å². The number of thiazole rings is 1. The van der Waals surface area contributed by atoms with Crippen molar-refractivity contribution >= 4 is 32.6 Å². The maximum absolute atomic E-state index is 11.1. The van der Waals surface area contributed by atoms with Crippen LogP contribution in [0, 0.1) is 13.0 Å². The van der Waals surface area contributed by atoms with Gasteiger partial charge in [0.25, 0.3) is 0 Å². The molecule has 0 atom stereocenters. The average molecular weight is 281 g/mol. The fourth-order valence-electron chi connectivity index (χ4n) is 1.97. The number of aromatic nitrogens is 1. The molecule has 0 aliphatic heterocycles. The fraction of sp³-hybridized carbons (Fsp3) is 0.125. The van der Waals surface area contributed by atoms with Crippen molar-refractivity contribution in [2.75, 3.05) is 5.32 Å². The van der Waals surface area contributed by atoms with E-state index in [9.17, 15) is 4.79 Å². The predicted molar refractivity (Wildman–Crippen MR) is 82.9 cm³/mol. The molecule has 4 heteroatoms. The number of carbonyl (C=O) groups is 1. The largest absolute Gasteiger partial charge is 0.302 e. The maximum Gasteiger partial charge on any atom is 0.223 e. The number of aryl methyl sites for hydroxylation is 1. The highest BCUT2D eigenvalue weighted by Crippen LogP contribution is 2.29. The highest BCUT2D eigenvalue weighted by molar-refractivity contribution is 7.22. The molecule has 3 rings (SSSR count). The summed E-state index contributed by atoms with van der Waals surface area (Å²) >= 11 is 1.46. The number of amides is 1. The van der Waals surface area contributed by atoms with Crippen LogP contribution < -0.4 is 5.32 Å². The van der Waals surface area contributed by atoms with Crippen molar-refractivity contribution in [3.8, 4) is 11.1 Å². The van der Waals surface area contributed by atoms with Gasteiger partial charge in [-0.3, -0.25) is 4.79 Å². The van der Waals surface area contributed by atoms with Crippen LogP contribution in [-0.2, 0) is 4.79 Å². The zero-order valence-electron chi connectivity index (χ0n) is 11.2. The van der Waals surface area contributed by atoms with Gasteiger partial charge < -0.3 is 5.32 Å². The molecule has 0 saturated heterocycles. The molecule has 1 radical (unpaired) electrons. The van der Waals surface area contributed by atoms with Gasteiger partial charge >= 0.3 is 0 Å². The Morgan fingerprint density at radius 1 is 1.20 bits per heavy atom. The van der Waals surface area contributed by atoms with E-state index in [1.807, 2.05) is 12.1 Å². The van der Waals surface area contributed by atoms with Crippen LogP contribution in [0.5, 0.6) is 0 Å². The first-order valence-electron chi connectivity index (χ1n) is 6.29. The molecule has 3 nitrogen and oxygen atoms in total. The molecular weight excluding hydrogens is 268 g/mol. The lowest BCUT2D eigenvalue weighted by atomic mass is 10.0. The van der Waals surface area contributed by atoms with E-state index in [0.29, 0.717) is 5.13 Å². The number of nitrogens with one attached hydrogen (secondary N) is 1. The van der Waals surface area contributed by atoms with E-state index in [4.69, 9.17) is 0 Å². The predicted octanol–water partition coefficient (Wildman–Crippen LogP) is 4.03. The second-order valence-corrected chi connectivity index (χ2v) is 5.68. The topological polar surface area (TPSA) is 42.0 Å². The minimum absolute atomic E-state index is 0.109. The molecule has 2 aromatic carbocycles. The molecule has 0 spiro atoms. The minimum Gasteiger partial charge on any atom is -0.302 e. The Bertz CT molecular complexity index is 775. The maximum atomic E-state index is 11.1. The Morgan fingerprint density at radius 2 is 1.95 bits per heavy atom. The number of hydrogen-bond acceptors (Lipinski definition) is 3. The van der Waals surface area contributed by atoms with Gasteiger partial charge in [-0.2, -0.15) is 0 Å². The molecule has 1 N–H and O–H groups in total. The number of nitrogens with zero attached hydrogens (tertiary/aromatic N) is 1. The van der Waals surface area contributed by atoms with Crippen molar-refractivity contribution in [3.05, 3.63) is 48.0 Å². The first-order chi connectivity index (χ1) is 9.61. The van der Waals surface area contributed by atoms with Crippen LogP contribution in [-0.4, -0.2) is 10.9 Å². The van der Waals surface area contributed by atoms with Gasteiger partial charge in [-0.15, -0.1) is 0 Å². The summed E-state index contributed by atoms with van der Waals surface area (Å²) in [6, 6.07) is 15.7. The fourth-order valence-corrected chi connectivity index (χ4v) is 2.84. The number of fused-ring (bicyclic) bond motifs is 1. The van der Waals surface area contributed by atoms with Crippen LogP contribution in [0.4, 0.5) is 5.13 Å². The Balaban J connectivity index is 2.01. The summed E-state index contributed by atoms with van der Waals surface area (Å²) in [6.45, 7) is 3.55. The van der Waals surface area contributed by atoms with Gasteiger partial charge in [-0.25, -0.2) is 4.98 Å². The third-order valence-electron chi connectivity index (χ3n) is 2.95. The Kier molecular flexibility index (Phi) is 3.24. The zero-order valence-corrected chi connectivity index (χ0v) is 12.0. The molecule has 0 aliphatic carbocycles. The summed E-state index contributed by atoms with van der Waals surface area (Å²) in [6.07, 6.45) is 0. The molecule has 1 aromatic heterocycles. The standard InChI is InChI=1S/C16H13N2OS/c1-10-3-5-12(6-4-10)13-7-8-15-14(9-13)18-16(20-15)17-11(2)19/h3-8H,1-2H3,(H,17,18,19). The first kappa shape index (κ1) is 12.8. The van der Waals surface area contributed by atoms with Crippen LogP contribution in [0.3, 0.4) is 0 Å². The van der Waals surface area contributed by atoms with E-state index in [-0.39, 0.29) is 5.91 Å². The molecule has 1 heterocycles. The van der Waals surface area contributed by atoms with Crippen LogP contribution >= 0.6 is 11.3 Å². The van der Waals surface area contributed by atoms with Gasteiger partial charge in [0, 0.05) is 13.0 Å². The SMILES string of the molecule is CC(=O)Nc1nc2[c]c(-c3ccc(C)cc3)ccc2s1. The van der Waals surface area contributed by atoms with Gasteiger partial charge in [-0.1, -0.05) is 47.2 Å². The minimum atomic E-state index is -0.109. The molecule has 0 aliphatic rings. The van der Waals surface area contributed by atoms with Gasteiger partial charge in [-0.05, 0) is 24.1 Å². The number of benzene rings is 2. The molecule has 0 unspecified atom stereocenters. The van der Waals surface area contributed by atoms with Gasteiger partial charge in [0.15, 0.2) is 5.13 Å². The van der Waals surface area contributed by atoms with Gasteiger partial charge in [0.05, 0.1) is 10.2 Å². The number of carbonyl (C=O) groups excluding carboxylic acids is 1. The van der Waals surface area contributed by atoms with Gasteiger partial charge in [0.2, 0.25) is 5.91 Å². The lowest BCUT2D eigenvalue weighted by Crippen LogP contribution is -2.04. The highest BCUT2D eigenvalue weighted by atomic mass is 32.1. The lowest BCUT2D eigenvalue weighted by Gasteiger charge is -2.01. The highest BCUT2D eigenvalue weighted by Gasteiger charge is 2.07. The van der Waals surface area contributed by atoms with E-state index >= 15 is 0 Å². The van der Waals surface area contributed by atoms with Crippen molar-refractivity contribution in [2.24, 2.45) is 0 Å². The summed E-state index contributed by atoms with van der Waals surface area (Å²) in [4.78, 5) is 15.4. The van der Waals surface area contributed by atoms with Gasteiger partial charge in [0.1, 0.15) is 0 Å². The quantitative estimate of drug-likeness (QED) is 0.770. The Labute approximate surface area is 121 Å². The summed E-state index contributed by atoms with van der Waals surface area (Å²) < 4.78 is 1.02. The van der Waals surface area contributed by atoms with E-state index in [1.165, 1.54) is 23.8 Å². The molecule has 0 bridgehead atoms. The van der Waals surface area contributed by atoms with E-state index in [2.05, 4.69) is 47.6 Å². The van der Waals surface area contributed by atoms with Crippen LogP contribution in [0.2, 0.25) is 0 Å². The monoisotopic (exact) mass is 281 g/mol. The van der Waals surface area contributed by atoms with Crippen LogP contribution in [0.1, 0.15) is 12.5 Å². The molecule has 99 valence electrons. The first-order valence-corrected chi connectivity index (χ1v) is 7.11. The van der Waals surface area contributed by atoms with E-state index < -0.39 is 0 Å². The lowest BCUT2D eigenvalue weighted by molar-refractivity contribution is -0.114. The van der Waals surface area contributed by atoms with Crippen molar-refractivity contribution in [3.63, 3.8) is 0 Å². The summed E-state index contributed by atoms with van der Waals surface area (Å²) in [5.41, 5.74) is 4.15. The summed E-state index contributed by atoms with van der Waals surface area (Å²) in [5, 5.41) is 3.32.